The summed E-state index contributed by atoms with van der Waals surface area (Å²) >= 11 is 5.88. The summed E-state index contributed by atoms with van der Waals surface area (Å²) in [6.45, 7) is 0. The number of fused-ring (bicyclic) bond motifs is 1. The fourth-order valence-corrected chi connectivity index (χ4v) is 2.37. The molecule has 0 saturated heterocycles. The van der Waals surface area contributed by atoms with Gasteiger partial charge in [0.05, 0.1) is 5.71 Å². The molecular weight excluding hydrogens is 262 g/mol. The molecule has 0 unspecified atom stereocenters. The Bertz CT molecular complexity index is 622. The molecule has 1 N–H and O–H groups in total. The van der Waals surface area contributed by atoms with Gasteiger partial charge >= 0.3 is 0 Å². The van der Waals surface area contributed by atoms with Crippen molar-refractivity contribution in [2.75, 3.05) is 0 Å². The predicted molar refractivity (Wildman–Crippen MR) is 74.2 cm³/mol. The number of rotatable bonds is 1. The summed E-state index contributed by atoms with van der Waals surface area (Å²) in [5.41, 5.74) is 2.50. The third-order valence-electron chi connectivity index (χ3n) is 3.21. The van der Waals surface area contributed by atoms with Gasteiger partial charge in [0.1, 0.15) is 11.9 Å². The van der Waals surface area contributed by atoms with Crippen molar-refractivity contribution in [1.82, 2.24) is 0 Å². The van der Waals surface area contributed by atoms with Gasteiger partial charge in [0.15, 0.2) is 0 Å². The Morgan fingerprint density at radius 3 is 2.58 bits per heavy atom. The van der Waals surface area contributed by atoms with Crippen LogP contribution in [0.4, 0.5) is 0 Å². The number of nitrogens with zero attached hydrogens (tertiary/aromatic N) is 1. The van der Waals surface area contributed by atoms with Crippen molar-refractivity contribution < 1.29 is 9.94 Å². The number of oxime groups is 1. The van der Waals surface area contributed by atoms with E-state index in [1.165, 1.54) is 0 Å². The van der Waals surface area contributed by atoms with Gasteiger partial charge in [-0.05, 0) is 29.8 Å². The zero-order valence-corrected chi connectivity index (χ0v) is 10.8. The molecular formula is C15H12ClNO2. The summed E-state index contributed by atoms with van der Waals surface area (Å²) in [5, 5.41) is 13.2. The largest absolute Gasteiger partial charge is 0.485 e. The van der Waals surface area contributed by atoms with Crippen LogP contribution in [0.15, 0.2) is 53.7 Å². The van der Waals surface area contributed by atoms with Crippen molar-refractivity contribution in [3.05, 3.63) is 64.7 Å². The first-order valence-corrected chi connectivity index (χ1v) is 6.38. The molecule has 4 heteroatoms. The first kappa shape index (κ1) is 12.1. The highest BCUT2D eigenvalue weighted by molar-refractivity contribution is 6.30. The molecule has 0 radical (unpaired) electrons. The summed E-state index contributed by atoms with van der Waals surface area (Å²) < 4.78 is 5.95. The van der Waals surface area contributed by atoms with Crippen LogP contribution in [-0.4, -0.2) is 10.9 Å². The molecule has 0 fully saturated rings. The summed E-state index contributed by atoms with van der Waals surface area (Å²) in [7, 11) is 0. The summed E-state index contributed by atoms with van der Waals surface area (Å²) in [6, 6.07) is 15.1. The van der Waals surface area contributed by atoms with E-state index in [1.807, 2.05) is 48.5 Å². The first-order valence-electron chi connectivity index (χ1n) is 6.00. The molecule has 2 aromatic carbocycles. The van der Waals surface area contributed by atoms with Crippen molar-refractivity contribution >= 4 is 17.3 Å². The fourth-order valence-electron chi connectivity index (χ4n) is 2.25. The van der Waals surface area contributed by atoms with E-state index in [-0.39, 0.29) is 6.10 Å². The molecule has 3 rings (SSSR count). The van der Waals surface area contributed by atoms with Gasteiger partial charge in [-0.1, -0.05) is 41.0 Å². The first-order chi connectivity index (χ1) is 9.28. The standard InChI is InChI=1S/C15H12ClNO2/c16-11-7-5-10(6-8-11)15-9-13(17-18)12-3-1-2-4-14(12)19-15/h1-8,15,18H,9H2/t15-/m1/s1. The third kappa shape index (κ3) is 2.29. The van der Waals surface area contributed by atoms with Gasteiger partial charge < -0.3 is 9.94 Å². The maximum Gasteiger partial charge on any atom is 0.129 e. The van der Waals surface area contributed by atoms with Gasteiger partial charge in [-0.25, -0.2) is 0 Å². The molecule has 1 heterocycles. The van der Waals surface area contributed by atoms with Gasteiger partial charge in [-0.15, -0.1) is 0 Å². The molecule has 0 saturated carbocycles. The molecule has 1 aliphatic rings. The van der Waals surface area contributed by atoms with Crippen molar-refractivity contribution in [3.8, 4) is 5.75 Å². The lowest BCUT2D eigenvalue weighted by Crippen LogP contribution is -2.20. The second kappa shape index (κ2) is 4.94. The van der Waals surface area contributed by atoms with Crippen molar-refractivity contribution in [1.29, 1.82) is 0 Å². The Kier molecular flexibility index (Phi) is 3.13. The minimum Gasteiger partial charge on any atom is -0.485 e. The smallest absolute Gasteiger partial charge is 0.129 e. The van der Waals surface area contributed by atoms with Gasteiger partial charge in [0.25, 0.3) is 0 Å². The van der Waals surface area contributed by atoms with Crippen LogP contribution in [0.1, 0.15) is 23.7 Å². The fraction of sp³-hybridized carbons (Fsp3) is 0.133. The minimum atomic E-state index is -0.155. The SMILES string of the molecule is ON=C1C[C@H](c2ccc(Cl)cc2)Oc2ccccc21. The molecule has 1 aliphatic heterocycles. The normalized spacial score (nSPS) is 19.8. The van der Waals surface area contributed by atoms with Crippen LogP contribution >= 0.6 is 11.6 Å². The Labute approximate surface area is 116 Å². The molecule has 0 aliphatic carbocycles. The van der Waals surface area contributed by atoms with Crippen molar-refractivity contribution in [3.63, 3.8) is 0 Å². The van der Waals surface area contributed by atoms with Crippen molar-refractivity contribution in [2.45, 2.75) is 12.5 Å². The van der Waals surface area contributed by atoms with Crippen LogP contribution in [0.2, 0.25) is 5.02 Å². The van der Waals surface area contributed by atoms with E-state index < -0.39 is 0 Å². The van der Waals surface area contributed by atoms with Crippen LogP contribution in [0, 0.1) is 0 Å². The zero-order valence-electron chi connectivity index (χ0n) is 10.1. The number of ether oxygens (including phenoxy) is 1. The Balaban J connectivity index is 1.98. The lowest BCUT2D eigenvalue weighted by Gasteiger charge is -2.26. The van der Waals surface area contributed by atoms with Crippen LogP contribution in [-0.2, 0) is 0 Å². The monoisotopic (exact) mass is 273 g/mol. The minimum absolute atomic E-state index is 0.155. The molecule has 3 nitrogen and oxygen atoms in total. The average Bonchev–Trinajstić information content (AvgIpc) is 2.47. The lowest BCUT2D eigenvalue weighted by atomic mass is 9.96. The average molecular weight is 274 g/mol. The maximum absolute atomic E-state index is 9.16. The number of hydrogen-bond donors (Lipinski definition) is 1. The maximum atomic E-state index is 9.16. The van der Waals surface area contributed by atoms with Crippen LogP contribution in [0.25, 0.3) is 0 Å². The van der Waals surface area contributed by atoms with E-state index in [4.69, 9.17) is 21.5 Å². The molecule has 19 heavy (non-hydrogen) atoms. The third-order valence-corrected chi connectivity index (χ3v) is 3.46. The van der Waals surface area contributed by atoms with E-state index in [2.05, 4.69) is 5.16 Å². The zero-order chi connectivity index (χ0) is 13.2. The van der Waals surface area contributed by atoms with E-state index in [9.17, 15) is 0 Å². The molecule has 1 atom stereocenters. The van der Waals surface area contributed by atoms with E-state index in [0.717, 1.165) is 16.9 Å². The second-order valence-corrected chi connectivity index (χ2v) is 4.84. The summed E-state index contributed by atoms with van der Waals surface area (Å²) in [5.74, 6) is 0.738. The number of benzene rings is 2. The summed E-state index contributed by atoms with van der Waals surface area (Å²) in [6.07, 6.45) is 0.382. The van der Waals surface area contributed by atoms with Gasteiger partial charge in [-0.2, -0.15) is 0 Å². The van der Waals surface area contributed by atoms with Gasteiger partial charge in [-0.3, -0.25) is 0 Å². The molecule has 2 aromatic rings. The van der Waals surface area contributed by atoms with E-state index in [1.54, 1.807) is 0 Å². The predicted octanol–water partition coefficient (Wildman–Crippen LogP) is 4.04. The number of para-hydroxylation sites is 1. The molecule has 0 aromatic heterocycles. The topological polar surface area (TPSA) is 41.8 Å². The number of hydrogen-bond acceptors (Lipinski definition) is 3. The van der Waals surface area contributed by atoms with Crippen molar-refractivity contribution in [2.24, 2.45) is 5.16 Å². The quantitative estimate of drug-likeness (QED) is 0.629. The Morgan fingerprint density at radius 2 is 1.84 bits per heavy atom. The van der Waals surface area contributed by atoms with Crippen LogP contribution in [0.5, 0.6) is 5.75 Å². The second-order valence-electron chi connectivity index (χ2n) is 4.41. The Hall–Kier alpha value is -2.00. The highest BCUT2D eigenvalue weighted by Crippen LogP contribution is 2.35. The number of halogens is 1. The lowest BCUT2D eigenvalue weighted by molar-refractivity contribution is 0.203. The highest BCUT2D eigenvalue weighted by atomic mass is 35.5. The van der Waals surface area contributed by atoms with E-state index >= 15 is 0 Å². The van der Waals surface area contributed by atoms with Crippen LogP contribution in [0.3, 0.4) is 0 Å². The highest BCUT2D eigenvalue weighted by Gasteiger charge is 2.26. The molecule has 0 spiro atoms. The Morgan fingerprint density at radius 1 is 1.11 bits per heavy atom. The van der Waals surface area contributed by atoms with Gasteiger partial charge in [0, 0.05) is 17.0 Å². The van der Waals surface area contributed by atoms with Crippen LogP contribution < -0.4 is 4.74 Å². The molecule has 0 bridgehead atoms. The molecule has 96 valence electrons. The molecule has 0 amide bonds. The summed E-state index contributed by atoms with van der Waals surface area (Å²) in [4.78, 5) is 0. The van der Waals surface area contributed by atoms with E-state index in [0.29, 0.717) is 17.2 Å². The van der Waals surface area contributed by atoms with Gasteiger partial charge in [0.2, 0.25) is 0 Å².